The van der Waals surface area contributed by atoms with Crippen LogP contribution in [-0.2, 0) is 10.0 Å². The van der Waals surface area contributed by atoms with Crippen LogP contribution in [0.25, 0.3) is 0 Å². The van der Waals surface area contributed by atoms with Gasteiger partial charge in [-0.05, 0) is 37.0 Å². The fraction of sp³-hybridized carbons (Fsp3) is 0.500. The average molecular weight is 273 g/mol. The minimum absolute atomic E-state index is 0.0285. The number of hydrogen-bond donors (Lipinski definition) is 1. The van der Waals surface area contributed by atoms with E-state index in [0.29, 0.717) is 4.90 Å². The van der Waals surface area contributed by atoms with Crippen LogP contribution in [0.1, 0.15) is 20.3 Å². The highest BCUT2D eigenvalue weighted by Gasteiger charge is 2.16. The molecule has 1 atom stereocenters. The molecule has 0 aliphatic carbocycles. The lowest BCUT2D eigenvalue weighted by Gasteiger charge is -2.13. The van der Waals surface area contributed by atoms with Crippen molar-refractivity contribution in [3.8, 4) is 0 Å². The zero-order valence-electron chi connectivity index (χ0n) is 10.2. The first-order valence-corrected chi connectivity index (χ1v) is 8.35. The molecule has 0 fully saturated rings. The van der Waals surface area contributed by atoms with E-state index in [-0.39, 0.29) is 6.04 Å². The van der Waals surface area contributed by atoms with Gasteiger partial charge in [0.15, 0.2) is 0 Å². The van der Waals surface area contributed by atoms with E-state index in [0.717, 1.165) is 17.9 Å². The largest absolute Gasteiger partial charge is 0.240 e. The molecule has 0 aliphatic heterocycles. The summed E-state index contributed by atoms with van der Waals surface area (Å²) in [4.78, 5) is 0.329. The van der Waals surface area contributed by atoms with Gasteiger partial charge in [-0.15, -0.1) is 0 Å². The lowest BCUT2D eigenvalue weighted by Crippen LogP contribution is -2.32. The van der Waals surface area contributed by atoms with Crippen LogP contribution in [0.3, 0.4) is 0 Å². The molecule has 1 rings (SSSR count). The molecule has 0 saturated carbocycles. The van der Waals surface area contributed by atoms with Crippen LogP contribution in [-0.4, -0.2) is 26.0 Å². The molecule has 96 valence electrons. The lowest BCUT2D eigenvalue weighted by atomic mass is 10.3. The Bertz CT molecular complexity index is 417. The van der Waals surface area contributed by atoms with Gasteiger partial charge in [-0.2, -0.15) is 11.8 Å². The third-order valence-electron chi connectivity index (χ3n) is 2.31. The first-order valence-electron chi connectivity index (χ1n) is 5.71. The fourth-order valence-electron chi connectivity index (χ4n) is 1.40. The van der Waals surface area contributed by atoms with E-state index >= 15 is 0 Å². The maximum atomic E-state index is 12.0. The summed E-state index contributed by atoms with van der Waals surface area (Å²) in [5, 5.41) is 0. The van der Waals surface area contributed by atoms with Crippen LogP contribution in [0.15, 0.2) is 35.2 Å². The molecule has 0 amide bonds. The quantitative estimate of drug-likeness (QED) is 0.776. The first-order chi connectivity index (χ1) is 8.06. The molecule has 0 aromatic heterocycles. The summed E-state index contributed by atoms with van der Waals surface area (Å²) in [6, 6.07) is 8.45. The average Bonchev–Trinajstić information content (AvgIpc) is 2.30. The molecule has 0 heterocycles. The Morgan fingerprint density at radius 3 is 2.53 bits per heavy atom. The Balaban J connectivity index is 2.55. The molecule has 0 unspecified atom stereocenters. The molecule has 0 radical (unpaired) electrons. The van der Waals surface area contributed by atoms with E-state index in [4.69, 9.17) is 0 Å². The van der Waals surface area contributed by atoms with Gasteiger partial charge in [0, 0.05) is 6.04 Å². The van der Waals surface area contributed by atoms with Crippen molar-refractivity contribution in [2.45, 2.75) is 31.2 Å². The van der Waals surface area contributed by atoms with E-state index in [1.54, 1.807) is 30.3 Å². The Kier molecular flexibility index (Phi) is 6.02. The highest BCUT2D eigenvalue weighted by molar-refractivity contribution is 7.99. The summed E-state index contributed by atoms with van der Waals surface area (Å²) >= 11 is 1.82. The first kappa shape index (κ1) is 14.5. The van der Waals surface area contributed by atoms with Crippen molar-refractivity contribution in [1.82, 2.24) is 4.72 Å². The molecular formula is C12H19NO2S2. The number of hydrogen-bond acceptors (Lipinski definition) is 3. The second-order valence-electron chi connectivity index (χ2n) is 3.82. The molecule has 17 heavy (non-hydrogen) atoms. The maximum Gasteiger partial charge on any atom is 0.240 e. The highest BCUT2D eigenvalue weighted by Crippen LogP contribution is 2.10. The Hall–Kier alpha value is -0.520. The Labute approximate surface area is 108 Å². The molecule has 0 aliphatic rings. The summed E-state index contributed by atoms with van der Waals surface area (Å²) in [7, 11) is -3.36. The van der Waals surface area contributed by atoms with Gasteiger partial charge < -0.3 is 0 Å². The molecule has 5 heteroatoms. The van der Waals surface area contributed by atoms with Crippen LogP contribution in [0.2, 0.25) is 0 Å². The summed E-state index contributed by atoms with van der Waals surface area (Å²) in [5.74, 6) is 2.05. The molecule has 1 N–H and O–H groups in total. The third kappa shape index (κ3) is 5.10. The molecule has 0 saturated heterocycles. The number of thioether (sulfide) groups is 1. The maximum absolute atomic E-state index is 12.0. The molecule has 1 aromatic rings. The smallest absolute Gasteiger partial charge is 0.208 e. The minimum Gasteiger partial charge on any atom is -0.208 e. The van der Waals surface area contributed by atoms with Crippen molar-refractivity contribution >= 4 is 21.8 Å². The molecule has 3 nitrogen and oxygen atoms in total. The summed E-state index contributed by atoms with van der Waals surface area (Å²) in [5.41, 5.74) is 0. The van der Waals surface area contributed by atoms with Crippen LogP contribution in [0, 0.1) is 0 Å². The van der Waals surface area contributed by atoms with E-state index < -0.39 is 10.0 Å². The van der Waals surface area contributed by atoms with E-state index in [9.17, 15) is 8.42 Å². The van der Waals surface area contributed by atoms with Gasteiger partial charge in [-0.25, -0.2) is 13.1 Å². The van der Waals surface area contributed by atoms with Gasteiger partial charge in [0.25, 0.3) is 0 Å². The number of rotatable bonds is 7. The number of nitrogens with one attached hydrogen (secondary N) is 1. The van der Waals surface area contributed by atoms with Crippen molar-refractivity contribution in [3.05, 3.63) is 30.3 Å². The molecule has 1 aromatic carbocycles. The summed E-state index contributed by atoms with van der Waals surface area (Å²) < 4.78 is 26.6. The Morgan fingerprint density at radius 2 is 1.94 bits per heavy atom. The van der Waals surface area contributed by atoms with Gasteiger partial charge in [0.2, 0.25) is 10.0 Å². The van der Waals surface area contributed by atoms with Crippen LogP contribution in [0.4, 0.5) is 0 Å². The van der Waals surface area contributed by atoms with Crippen molar-refractivity contribution in [2.75, 3.05) is 11.5 Å². The summed E-state index contributed by atoms with van der Waals surface area (Å²) in [6.07, 6.45) is 0.852. The standard InChI is InChI=1S/C12H19NO2S2/c1-3-16-10-9-11(2)13-17(14,15)12-7-5-4-6-8-12/h4-8,11,13H,3,9-10H2,1-2H3/t11-/m0/s1. The van der Waals surface area contributed by atoms with Crippen LogP contribution >= 0.6 is 11.8 Å². The highest BCUT2D eigenvalue weighted by atomic mass is 32.2. The molecular weight excluding hydrogens is 254 g/mol. The number of benzene rings is 1. The van der Waals surface area contributed by atoms with Gasteiger partial charge in [0.1, 0.15) is 0 Å². The van der Waals surface area contributed by atoms with Crippen LogP contribution in [0.5, 0.6) is 0 Å². The van der Waals surface area contributed by atoms with E-state index in [1.807, 2.05) is 18.7 Å². The van der Waals surface area contributed by atoms with Crippen molar-refractivity contribution in [3.63, 3.8) is 0 Å². The predicted molar refractivity (Wildman–Crippen MR) is 73.8 cm³/mol. The zero-order valence-corrected chi connectivity index (χ0v) is 11.9. The monoisotopic (exact) mass is 273 g/mol. The third-order valence-corrected chi connectivity index (χ3v) is 4.85. The van der Waals surface area contributed by atoms with E-state index in [1.165, 1.54) is 0 Å². The Morgan fingerprint density at radius 1 is 1.29 bits per heavy atom. The SMILES string of the molecule is CCSCC[C@H](C)NS(=O)(=O)c1ccccc1. The number of sulfonamides is 1. The molecule has 0 spiro atoms. The molecule has 0 bridgehead atoms. The topological polar surface area (TPSA) is 46.2 Å². The van der Waals surface area contributed by atoms with Gasteiger partial charge in [-0.3, -0.25) is 0 Å². The van der Waals surface area contributed by atoms with E-state index in [2.05, 4.69) is 11.6 Å². The fourth-order valence-corrected chi connectivity index (χ4v) is 3.50. The van der Waals surface area contributed by atoms with Crippen LogP contribution < -0.4 is 4.72 Å². The van der Waals surface area contributed by atoms with Crippen molar-refractivity contribution in [2.24, 2.45) is 0 Å². The minimum atomic E-state index is -3.36. The second-order valence-corrected chi connectivity index (χ2v) is 6.93. The van der Waals surface area contributed by atoms with Gasteiger partial charge in [-0.1, -0.05) is 25.1 Å². The summed E-state index contributed by atoms with van der Waals surface area (Å²) in [6.45, 7) is 4.00. The van der Waals surface area contributed by atoms with Crippen molar-refractivity contribution < 1.29 is 8.42 Å². The zero-order chi connectivity index (χ0) is 12.7. The van der Waals surface area contributed by atoms with Gasteiger partial charge in [0.05, 0.1) is 4.90 Å². The lowest BCUT2D eigenvalue weighted by molar-refractivity contribution is 0.557. The van der Waals surface area contributed by atoms with Crippen molar-refractivity contribution in [1.29, 1.82) is 0 Å². The normalized spacial score (nSPS) is 13.5. The van der Waals surface area contributed by atoms with Gasteiger partial charge >= 0.3 is 0 Å². The predicted octanol–water partition coefficient (Wildman–Crippen LogP) is 2.50. The second kappa shape index (κ2) is 7.03.